The van der Waals surface area contributed by atoms with Crippen LogP contribution >= 0.6 is 0 Å². The van der Waals surface area contributed by atoms with Crippen LogP contribution in [0.25, 0.3) is 0 Å². The zero-order chi connectivity index (χ0) is 17.7. The number of hydrogen-bond donors (Lipinski definition) is 1. The molecule has 0 bridgehead atoms. The van der Waals surface area contributed by atoms with Crippen molar-refractivity contribution >= 4 is 17.9 Å². The molecule has 6 heteroatoms. The molecule has 2 aromatic rings. The fraction of sp³-hybridized carbons (Fsp3) is 0.333. The van der Waals surface area contributed by atoms with Crippen LogP contribution in [-0.2, 0) is 11.2 Å². The van der Waals surface area contributed by atoms with Gasteiger partial charge in [-0.15, -0.1) is 0 Å². The summed E-state index contributed by atoms with van der Waals surface area (Å²) in [6.45, 7) is 5.41. The first kappa shape index (κ1) is 17.6. The Balaban J connectivity index is 1.98. The lowest BCUT2D eigenvalue weighted by atomic mass is 10.1. The molecular formula is C18H20N2O4. The van der Waals surface area contributed by atoms with Crippen molar-refractivity contribution in [1.82, 2.24) is 10.2 Å². The molecule has 1 aromatic heterocycles. The fourth-order valence-electron chi connectivity index (χ4n) is 2.42. The number of aromatic amines is 1. The summed E-state index contributed by atoms with van der Waals surface area (Å²) in [5.41, 5.74) is 3.42. The number of carbonyl (C=O) groups excluding carboxylic acids is 3. The number of nitrogens with one attached hydrogen (secondary N) is 1. The van der Waals surface area contributed by atoms with Crippen LogP contribution in [0.1, 0.15) is 51.0 Å². The van der Waals surface area contributed by atoms with Crippen LogP contribution in [0.4, 0.5) is 0 Å². The highest BCUT2D eigenvalue weighted by Crippen LogP contribution is 2.21. The summed E-state index contributed by atoms with van der Waals surface area (Å²) in [5.74, 6) is -0.437. The van der Waals surface area contributed by atoms with E-state index >= 15 is 0 Å². The Labute approximate surface area is 140 Å². The molecule has 0 saturated carbocycles. The van der Waals surface area contributed by atoms with E-state index in [9.17, 15) is 14.4 Å². The summed E-state index contributed by atoms with van der Waals surface area (Å²) in [6, 6.07) is 4.98. The number of benzene rings is 1. The number of aldehydes is 1. The molecule has 6 nitrogen and oxygen atoms in total. The van der Waals surface area contributed by atoms with E-state index < -0.39 is 11.6 Å². The maximum absolute atomic E-state index is 11.8. The highest BCUT2D eigenvalue weighted by molar-refractivity contribution is 6.42. The van der Waals surface area contributed by atoms with Gasteiger partial charge in [0.15, 0.2) is 12.1 Å². The number of aryl methyl sites for hydroxylation is 2. The van der Waals surface area contributed by atoms with Crippen LogP contribution in [0.5, 0.6) is 5.75 Å². The van der Waals surface area contributed by atoms with E-state index in [0.29, 0.717) is 36.5 Å². The minimum atomic E-state index is -0.524. The Morgan fingerprint density at radius 1 is 1.29 bits per heavy atom. The van der Waals surface area contributed by atoms with Gasteiger partial charge in [-0.05, 0) is 38.3 Å². The zero-order valence-electron chi connectivity index (χ0n) is 14.0. The van der Waals surface area contributed by atoms with Crippen molar-refractivity contribution in [3.05, 3.63) is 46.3 Å². The largest absolute Gasteiger partial charge is 0.493 e. The number of carbonyl (C=O) groups is 3. The summed E-state index contributed by atoms with van der Waals surface area (Å²) >= 11 is 0. The first-order valence-corrected chi connectivity index (χ1v) is 7.71. The van der Waals surface area contributed by atoms with Crippen molar-refractivity contribution in [2.45, 2.75) is 33.6 Å². The Morgan fingerprint density at radius 2 is 2.04 bits per heavy atom. The Hall–Kier alpha value is -2.76. The second-order valence-corrected chi connectivity index (χ2v) is 5.64. The average molecular weight is 328 g/mol. The fourth-order valence-corrected chi connectivity index (χ4v) is 2.42. The van der Waals surface area contributed by atoms with Gasteiger partial charge in [0.2, 0.25) is 5.78 Å². The molecule has 1 heterocycles. The minimum Gasteiger partial charge on any atom is -0.493 e. The number of H-pyrrole nitrogens is 1. The van der Waals surface area contributed by atoms with Gasteiger partial charge in [-0.25, -0.2) is 0 Å². The van der Waals surface area contributed by atoms with E-state index in [1.807, 2.05) is 13.8 Å². The molecule has 1 N–H and O–H groups in total. The molecule has 2 rings (SSSR count). The van der Waals surface area contributed by atoms with Gasteiger partial charge in [-0.2, -0.15) is 5.10 Å². The summed E-state index contributed by atoms with van der Waals surface area (Å²) in [6.07, 6.45) is 2.13. The molecule has 0 fully saturated rings. The molecule has 0 saturated heterocycles. The van der Waals surface area contributed by atoms with Crippen LogP contribution in [0.15, 0.2) is 18.2 Å². The summed E-state index contributed by atoms with van der Waals surface area (Å²) < 4.78 is 5.74. The second kappa shape index (κ2) is 7.68. The molecule has 0 atom stereocenters. The number of aromatic nitrogens is 2. The maximum Gasteiger partial charge on any atom is 0.228 e. The predicted octanol–water partition coefficient (Wildman–Crippen LogP) is 2.62. The van der Waals surface area contributed by atoms with Crippen LogP contribution < -0.4 is 4.74 Å². The first-order chi connectivity index (χ1) is 11.4. The minimum absolute atomic E-state index is 0.331. The molecule has 126 valence electrons. The SMILES string of the molecule is CC(=O)C(=O)c1ccc(C)c(OCCCc2c(C)n[nH]c2C=O)c1. The number of hydrogen-bond acceptors (Lipinski definition) is 5. The molecule has 0 aliphatic carbocycles. The highest BCUT2D eigenvalue weighted by Gasteiger charge is 2.13. The Bertz CT molecular complexity index is 777. The van der Waals surface area contributed by atoms with Gasteiger partial charge >= 0.3 is 0 Å². The lowest BCUT2D eigenvalue weighted by molar-refractivity contribution is -0.113. The van der Waals surface area contributed by atoms with Crippen molar-refractivity contribution < 1.29 is 19.1 Å². The van der Waals surface area contributed by atoms with Gasteiger partial charge in [0, 0.05) is 18.1 Å². The van der Waals surface area contributed by atoms with Gasteiger partial charge in [-0.3, -0.25) is 19.5 Å². The standard InChI is InChI=1S/C18H20N2O4/c1-11-6-7-14(18(23)13(3)22)9-17(11)24-8-4-5-15-12(2)19-20-16(15)10-21/h6-7,9-10H,4-5,8H2,1-3H3,(H,19,20). The van der Waals surface area contributed by atoms with Crippen molar-refractivity contribution in [2.75, 3.05) is 6.61 Å². The van der Waals surface area contributed by atoms with Gasteiger partial charge in [-0.1, -0.05) is 12.1 Å². The predicted molar refractivity (Wildman–Crippen MR) is 88.7 cm³/mol. The summed E-state index contributed by atoms with van der Waals surface area (Å²) in [4.78, 5) is 33.9. The van der Waals surface area contributed by atoms with Crippen LogP contribution in [0.3, 0.4) is 0 Å². The lowest BCUT2D eigenvalue weighted by Crippen LogP contribution is -2.10. The van der Waals surface area contributed by atoms with Gasteiger partial charge in [0.05, 0.1) is 12.3 Å². The highest BCUT2D eigenvalue weighted by atomic mass is 16.5. The van der Waals surface area contributed by atoms with E-state index in [4.69, 9.17) is 4.74 Å². The molecule has 0 unspecified atom stereocenters. The topological polar surface area (TPSA) is 89.1 Å². The monoisotopic (exact) mass is 328 g/mol. The van der Waals surface area contributed by atoms with Gasteiger partial charge < -0.3 is 4.74 Å². The van der Waals surface area contributed by atoms with E-state index in [1.54, 1.807) is 18.2 Å². The molecule has 0 aliphatic heterocycles. The van der Waals surface area contributed by atoms with E-state index in [0.717, 1.165) is 23.1 Å². The molecule has 0 aliphatic rings. The van der Waals surface area contributed by atoms with E-state index in [1.165, 1.54) is 6.92 Å². The van der Waals surface area contributed by atoms with Gasteiger partial charge in [0.25, 0.3) is 0 Å². The first-order valence-electron chi connectivity index (χ1n) is 7.71. The maximum atomic E-state index is 11.8. The molecular weight excluding hydrogens is 308 g/mol. The Kier molecular flexibility index (Phi) is 5.63. The lowest BCUT2D eigenvalue weighted by Gasteiger charge is -2.10. The smallest absolute Gasteiger partial charge is 0.228 e. The van der Waals surface area contributed by atoms with Gasteiger partial charge in [0.1, 0.15) is 11.4 Å². The molecule has 24 heavy (non-hydrogen) atoms. The Morgan fingerprint density at radius 3 is 2.71 bits per heavy atom. The quantitative estimate of drug-likeness (QED) is 0.348. The summed E-state index contributed by atoms with van der Waals surface area (Å²) in [7, 11) is 0. The normalized spacial score (nSPS) is 10.5. The number of nitrogens with zero attached hydrogens (tertiary/aromatic N) is 1. The molecule has 1 aromatic carbocycles. The number of Topliss-reactive ketones (excluding diaryl/α,β-unsaturated/α-hetero) is 2. The van der Waals surface area contributed by atoms with Crippen LogP contribution in [0.2, 0.25) is 0 Å². The molecule has 0 spiro atoms. The van der Waals surface area contributed by atoms with Crippen molar-refractivity contribution in [1.29, 1.82) is 0 Å². The van der Waals surface area contributed by atoms with Crippen molar-refractivity contribution in [2.24, 2.45) is 0 Å². The van der Waals surface area contributed by atoms with E-state index in [-0.39, 0.29) is 0 Å². The summed E-state index contributed by atoms with van der Waals surface area (Å²) in [5, 5.41) is 6.71. The number of ether oxygens (including phenoxy) is 1. The number of ketones is 2. The average Bonchev–Trinajstić information content (AvgIpc) is 2.92. The second-order valence-electron chi connectivity index (χ2n) is 5.64. The third-order valence-corrected chi connectivity index (χ3v) is 3.82. The number of rotatable bonds is 8. The molecule has 0 radical (unpaired) electrons. The molecule has 0 amide bonds. The van der Waals surface area contributed by atoms with E-state index in [2.05, 4.69) is 10.2 Å². The van der Waals surface area contributed by atoms with Crippen LogP contribution in [0, 0.1) is 13.8 Å². The van der Waals surface area contributed by atoms with Crippen LogP contribution in [-0.4, -0.2) is 34.7 Å². The van der Waals surface area contributed by atoms with Crippen molar-refractivity contribution in [3.63, 3.8) is 0 Å². The third kappa shape index (κ3) is 3.95. The zero-order valence-corrected chi connectivity index (χ0v) is 14.0. The third-order valence-electron chi connectivity index (χ3n) is 3.82. The van der Waals surface area contributed by atoms with Crippen molar-refractivity contribution in [3.8, 4) is 5.75 Å².